The van der Waals surface area contributed by atoms with E-state index in [2.05, 4.69) is 26.3 Å². The van der Waals surface area contributed by atoms with Gasteiger partial charge in [-0.1, -0.05) is 12.1 Å². The van der Waals surface area contributed by atoms with Gasteiger partial charge in [0.05, 0.1) is 17.6 Å². The Morgan fingerprint density at radius 1 is 1.56 bits per heavy atom. The molecule has 1 heterocycles. The summed E-state index contributed by atoms with van der Waals surface area (Å²) in [5.41, 5.74) is 7.89. The number of nitrogens with zero attached hydrogens (tertiary/aromatic N) is 2. The Kier molecular flexibility index (Phi) is 3.66. The van der Waals surface area contributed by atoms with E-state index in [9.17, 15) is 4.79 Å². The van der Waals surface area contributed by atoms with E-state index in [1.54, 1.807) is 6.20 Å². The van der Waals surface area contributed by atoms with Crippen molar-refractivity contribution in [1.29, 1.82) is 0 Å². The topological polar surface area (TPSA) is 72.9 Å². The number of anilines is 2. The Balaban J connectivity index is 2.05. The lowest BCUT2D eigenvalue weighted by Gasteiger charge is -2.09. The molecule has 2 aromatic rings. The number of aryl methyl sites for hydroxylation is 1. The number of halogens is 1. The third-order valence-corrected chi connectivity index (χ3v) is 3.48. The molecular formula is C12H13BrN4O. The molecule has 0 fully saturated rings. The molecule has 5 nitrogen and oxygen atoms in total. The molecule has 0 aliphatic carbocycles. The van der Waals surface area contributed by atoms with Crippen LogP contribution in [0.4, 0.5) is 11.4 Å². The molecule has 0 radical (unpaired) electrons. The second-order valence-electron chi connectivity index (χ2n) is 3.96. The highest BCUT2D eigenvalue weighted by Crippen LogP contribution is 2.25. The van der Waals surface area contributed by atoms with Gasteiger partial charge in [0.25, 0.3) is 0 Å². The summed E-state index contributed by atoms with van der Waals surface area (Å²) in [7, 11) is 0. The van der Waals surface area contributed by atoms with Crippen LogP contribution in [0.25, 0.3) is 0 Å². The summed E-state index contributed by atoms with van der Waals surface area (Å²) < 4.78 is 2.38. The minimum atomic E-state index is -0.149. The Hall–Kier alpha value is -1.82. The van der Waals surface area contributed by atoms with Gasteiger partial charge in [0.15, 0.2) is 0 Å². The molecule has 94 valence electrons. The molecule has 0 unspecified atom stereocenters. The average molecular weight is 309 g/mol. The number of hydrogen-bond acceptors (Lipinski definition) is 3. The summed E-state index contributed by atoms with van der Waals surface area (Å²) in [6.07, 6.45) is 3.13. The second-order valence-corrected chi connectivity index (χ2v) is 4.75. The predicted molar refractivity (Wildman–Crippen MR) is 74.1 cm³/mol. The summed E-state index contributed by atoms with van der Waals surface area (Å²) >= 11 is 3.44. The maximum Gasteiger partial charge on any atom is 0.246 e. The van der Waals surface area contributed by atoms with Crippen LogP contribution >= 0.6 is 15.9 Å². The van der Waals surface area contributed by atoms with Crippen LogP contribution in [0.15, 0.2) is 35.1 Å². The van der Waals surface area contributed by atoms with Gasteiger partial charge in [-0.3, -0.25) is 9.48 Å². The van der Waals surface area contributed by atoms with Crippen molar-refractivity contribution in [3.63, 3.8) is 0 Å². The molecule has 0 spiro atoms. The van der Waals surface area contributed by atoms with E-state index in [1.807, 2.05) is 25.1 Å². The van der Waals surface area contributed by atoms with Crippen molar-refractivity contribution in [3.8, 4) is 0 Å². The highest BCUT2D eigenvalue weighted by Gasteiger charge is 2.08. The lowest BCUT2D eigenvalue weighted by atomic mass is 10.2. The van der Waals surface area contributed by atoms with E-state index < -0.39 is 0 Å². The Labute approximate surface area is 113 Å². The molecule has 0 bridgehead atoms. The maximum atomic E-state index is 11.8. The van der Waals surface area contributed by atoms with Crippen molar-refractivity contribution < 1.29 is 4.79 Å². The van der Waals surface area contributed by atoms with Gasteiger partial charge in [0.2, 0.25) is 5.91 Å². The van der Waals surface area contributed by atoms with Crippen molar-refractivity contribution in [3.05, 3.63) is 40.6 Å². The van der Waals surface area contributed by atoms with Crippen LogP contribution in [0, 0.1) is 6.92 Å². The summed E-state index contributed by atoms with van der Waals surface area (Å²) in [5, 5.41) is 6.78. The molecular weight excluding hydrogens is 296 g/mol. The smallest absolute Gasteiger partial charge is 0.246 e. The van der Waals surface area contributed by atoms with Gasteiger partial charge in [0, 0.05) is 10.7 Å². The third-order valence-electron chi connectivity index (χ3n) is 2.42. The predicted octanol–water partition coefficient (Wildman–Crippen LogP) is 2.17. The number of rotatable bonds is 3. The summed E-state index contributed by atoms with van der Waals surface area (Å²) in [6.45, 7) is 2.10. The number of benzene rings is 1. The molecule has 0 atom stereocenters. The number of nitrogens with one attached hydrogen (secondary N) is 1. The Bertz CT molecular complexity index is 579. The van der Waals surface area contributed by atoms with Crippen molar-refractivity contribution >= 4 is 33.2 Å². The van der Waals surface area contributed by atoms with Crippen LogP contribution < -0.4 is 11.1 Å². The molecule has 0 saturated carbocycles. The van der Waals surface area contributed by atoms with Gasteiger partial charge in [-0.25, -0.2) is 0 Å². The van der Waals surface area contributed by atoms with E-state index in [4.69, 9.17) is 5.73 Å². The maximum absolute atomic E-state index is 11.8. The van der Waals surface area contributed by atoms with Crippen LogP contribution in [0.5, 0.6) is 0 Å². The van der Waals surface area contributed by atoms with E-state index in [0.29, 0.717) is 5.69 Å². The number of amides is 1. The number of carbonyl (C=O) groups excluding carboxylic acids is 1. The van der Waals surface area contributed by atoms with Crippen LogP contribution in [0.3, 0.4) is 0 Å². The molecule has 2 rings (SSSR count). The first-order valence-corrected chi connectivity index (χ1v) is 6.18. The summed E-state index contributed by atoms with van der Waals surface area (Å²) in [5.74, 6) is -0.149. The van der Waals surface area contributed by atoms with Crippen LogP contribution in [0.2, 0.25) is 0 Å². The molecule has 0 aliphatic heterocycles. The van der Waals surface area contributed by atoms with Crippen molar-refractivity contribution in [2.45, 2.75) is 13.5 Å². The van der Waals surface area contributed by atoms with Crippen molar-refractivity contribution in [2.24, 2.45) is 0 Å². The SMILES string of the molecule is Cc1cccc(NC(=O)Cn2cc(N)cn2)c1Br. The largest absolute Gasteiger partial charge is 0.396 e. The van der Waals surface area contributed by atoms with Crippen LogP contribution in [-0.4, -0.2) is 15.7 Å². The number of carbonyl (C=O) groups is 1. The number of aromatic nitrogens is 2. The normalized spacial score (nSPS) is 10.3. The monoisotopic (exact) mass is 308 g/mol. The van der Waals surface area contributed by atoms with Gasteiger partial charge < -0.3 is 11.1 Å². The first-order valence-electron chi connectivity index (χ1n) is 5.39. The Morgan fingerprint density at radius 3 is 3.00 bits per heavy atom. The fraction of sp³-hybridized carbons (Fsp3) is 0.167. The first-order chi connectivity index (χ1) is 8.56. The zero-order valence-corrected chi connectivity index (χ0v) is 11.4. The van der Waals surface area contributed by atoms with E-state index >= 15 is 0 Å². The van der Waals surface area contributed by atoms with Gasteiger partial charge in [-0.05, 0) is 34.5 Å². The quantitative estimate of drug-likeness (QED) is 0.912. The molecule has 18 heavy (non-hydrogen) atoms. The number of hydrogen-bond donors (Lipinski definition) is 2. The minimum absolute atomic E-state index is 0.136. The molecule has 0 saturated heterocycles. The molecule has 1 aromatic heterocycles. The molecule has 1 amide bonds. The van der Waals surface area contributed by atoms with Crippen molar-refractivity contribution in [2.75, 3.05) is 11.1 Å². The fourth-order valence-electron chi connectivity index (χ4n) is 1.55. The van der Waals surface area contributed by atoms with Crippen molar-refractivity contribution in [1.82, 2.24) is 9.78 Å². The minimum Gasteiger partial charge on any atom is -0.396 e. The average Bonchev–Trinajstić information content (AvgIpc) is 2.70. The van der Waals surface area contributed by atoms with Gasteiger partial charge in [-0.2, -0.15) is 5.10 Å². The van der Waals surface area contributed by atoms with E-state index in [0.717, 1.165) is 15.7 Å². The first kappa shape index (κ1) is 12.6. The highest BCUT2D eigenvalue weighted by molar-refractivity contribution is 9.10. The molecule has 0 aliphatic rings. The van der Waals surface area contributed by atoms with Gasteiger partial charge in [0.1, 0.15) is 6.54 Å². The zero-order chi connectivity index (χ0) is 13.1. The van der Waals surface area contributed by atoms with Gasteiger partial charge >= 0.3 is 0 Å². The molecule has 6 heteroatoms. The number of nitrogens with two attached hydrogens (primary N) is 1. The Morgan fingerprint density at radius 2 is 2.33 bits per heavy atom. The second kappa shape index (κ2) is 5.22. The van der Waals surface area contributed by atoms with E-state index in [1.165, 1.54) is 10.9 Å². The lowest BCUT2D eigenvalue weighted by molar-refractivity contribution is -0.116. The van der Waals surface area contributed by atoms with Crippen LogP contribution in [-0.2, 0) is 11.3 Å². The van der Waals surface area contributed by atoms with Crippen LogP contribution in [0.1, 0.15) is 5.56 Å². The fourth-order valence-corrected chi connectivity index (χ4v) is 1.91. The van der Waals surface area contributed by atoms with E-state index in [-0.39, 0.29) is 12.5 Å². The summed E-state index contributed by atoms with van der Waals surface area (Å²) in [4.78, 5) is 11.8. The molecule has 3 N–H and O–H groups in total. The zero-order valence-electron chi connectivity index (χ0n) is 9.85. The third kappa shape index (κ3) is 2.89. The number of nitrogen functional groups attached to an aromatic ring is 1. The van der Waals surface area contributed by atoms with Gasteiger partial charge in [-0.15, -0.1) is 0 Å². The standard InChI is InChI=1S/C12H13BrN4O/c1-8-3-2-4-10(12(8)13)16-11(18)7-17-6-9(14)5-15-17/h2-6H,7,14H2,1H3,(H,16,18). The summed E-state index contributed by atoms with van der Waals surface area (Å²) in [6, 6.07) is 5.70. The highest BCUT2D eigenvalue weighted by atomic mass is 79.9. The lowest BCUT2D eigenvalue weighted by Crippen LogP contribution is -2.19. The molecule has 1 aromatic carbocycles.